The molecule has 3 rings (SSSR count). The summed E-state index contributed by atoms with van der Waals surface area (Å²) in [5.74, 6) is 0.787. The largest absolute Gasteiger partial charge is 0.338 e. The third-order valence-corrected chi connectivity index (χ3v) is 3.25. The van der Waals surface area contributed by atoms with Gasteiger partial charge in [0.2, 0.25) is 6.08 Å². The molecule has 0 aliphatic rings. The van der Waals surface area contributed by atoms with Gasteiger partial charge in [0.1, 0.15) is 5.82 Å². The van der Waals surface area contributed by atoms with Crippen LogP contribution in [-0.2, 0) is 4.79 Å². The minimum Gasteiger partial charge on any atom is -0.338 e. The molecule has 1 aromatic heterocycles. The van der Waals surface area contributed by atoms with E-state index in [1.165, 1.54) is 6.08 Å². The van der Waals surface area contributed by atoms with Crippen LogP contribution >= 0.6 is 15.9 Å². The third kappa shape index (κ3) is 2.34. The van der Waals surface area contributed by atoms with Crippen molar-refractivity contribution in [1.29, 1.82) is 0 Å². The summed E-state index contributed by atoms with van der Waals surface area (Å²) in [4.78, 5) is 21.5. The van der Waals surface area contributed by atoms with E-state index in [9.17, 15) is 4.79 Å². The average Bonchev–Trinajstić information content (AvgIpc) is 2.83. The van der Waals surface area contributed by atoms with Gasteiger partial charge in [0.25, 0.3) is 0 Å². The van der Waals surface area contributed by atoms with Crippen LogP contribution in [0.5, 0.6) is 0 Å². The van der Waals surface area contributed by atoms with Gasteiger partial charge in [-0.15, -0.1) is 0 Å². The first-order chi connectivity index (χ1) is 9.26. The normalized spacial score (nSPS) is 10.4. The Balaban J connectivity index is 2.05. The molecule has 5 heteroatoms. The number of fused-ring (bicyclic) bond motifs is 1. The van der Waals surface area contributed by atoms with Crippen LogP contribution in [0.1, 0.15) is 0 Å². The molecule has 19 heavy (non-hydrogen) atoms. The number of benzene rings is 2. The second kappa shape index (κ2) is 4.80. The van der Waals surface area contributed by atoms with E-state index in [-0.39, 0.29) is 0 Å². The highest BCUT2D eigenvalue weighted by Gasteiger charge is 2.05. The van der Waals surface area contributed by atoms with Crippen molar-refractivity contribution in [2.24, 2.45) is 4.99 Å². The summed E-state index contributed by atoms with van der Waals surface area (Å²) in [7, 11) is 0. The second-order valence-electron chi connectivity index (χ2n) is 4.00. The van der Waals surface area contributed by atoms with Crippen LogP contribution in [0.25, 0.3) is 22.4 Å². The standard InChI is InChI=1S/C14H8BrN3O/c15-10-3-6-12-13(7-10)18-14(17-12)9-1-4-11(5-2-9)16-8-19/h1-7H,(H,17,18). The first-order valence-corrected chi connectivity index (χ1v) is 6.39. The number of nitrogens with zero attached hydrogens (tertiary/aromatic N) is 2. The summed E-state index contributed by atoms with van der Waals surface area (Å²) < 4.78 is 1.01. The van der Waals surface area contributed by atoms with Crippen LogP contribution in [0, 0.1) is 0 Å². The minimum atomic E-state index is 0.581. The number of aromatic amines is 1. The zero-order valence-electron chi connectivity index (χ0n) is 9.72. The molecule has 0 atom stereocenters. The molecule has 2 aromatic carbocycles. The van der Waals surface area contributed by atoms with E-state index < -0.39 is 0 Å². The number of hydrogen-bond acceptors (Lipinski definition) is 3. The molecule has 1 heterocycles. The molecule has 92 valence electrons. The molecule has 0 fully saturated rings. The van der Waals surface area contributed by atoms with Crippen molar-refractivity contribution in [2.75, 3.05) is 0 Å². The Bertz CT molecular complexity index is 786. The Morgan fingerprint density at radius 2 is 1.95 bits per heavy atom. The van der Waals surface area contributed by atoms with Crippen LogP contribution < -0.4 is 0 Å². The van der Waals surface area contributed by atoms with E-state index >= 15 is 0 Å². The first-order valence-electron chi connectivity index (χ1n) is 5.60. The molecule has 0 amide bonds. The smallest absolute Gasteiger partial charge is 0.240 e. The molecule has 4 nitrogen and oxygen atoms in total. The minimum absolute atomic E-state index is 0.581. The summed E-state index contributed by atoms with van der Waals surface area (Å²) in [6, 6.07) is 13.1. The zero-order valence-corrected chi connectivity index (χ0v) is 11.3. The number of aliphatic imine (C=N–C) groups is 1. The fourth-order valence-corrected chi connectivity index (χ4v) is 2.23. The molecular weight excluding hydrogens is 306 g/mol. The molecule has 0 aliphatic heterocycles. The van der Waals surface area contributed by atoms with Crippen molar-refractivity contribution >= 4 is 38.7 Å². The predicted molar refractivity (Wildman–Crippen MR) is 77.0 cm³/mol. The molecule has 0 bridgehead atoms. The van der Waals surface area contributed by atoms with Crippen molar-refractivity contribution < 1.29 is 4.79 Å². The topological polar surface area (TPSA) is 58.1 Å². The molecule has 1 N–H and O–H groups in total. The molecular formula is C14H8BrN3O. The Kier molecular flexibility index (Phi) is 2.99. The first kappa shape index (κ1) is 11.8. The number of halogens is 1. The van der Waals surface area contributed by atoms with Gasteiger partial charge < -0.3 is 4.98 Å². The van der Waals surface area contributed by atoms with Crippen LogP contribution in [-0.4, -0.2) is 16.0 Å². The Hall–Kier alpha value is -2.23. The summed E-state index contributed by atoms with van der Waals surface area (Å²) in [5.41, 5.74) is 3.40. The monoisotopic (exact) mass is 313 g/mol. The van der Waals surface area contributed by atoms with Crippen molar-refractivity contribution in [3.05, 3.63) is 46.9 Å². The number of nitrogens with one attached hydrogen (secondary N) is 1. The molecule has 0 saturated heterocycles. The number of hydrogen-bond donors (Lipinski definition) is 1. The van der Waals surface area contributed by atoms with Crippen molar-refractivity contribution in [3.63, 3.8) is 0 Å². The van der Waals surface area contributed by atoms with Crippen molar-refractivity contribution in [2.45, 2.75) is 0 Å². The number of rotatable bonds is 2. The third-order valence-electron chi connectivity index (χ3n) is 2.76. The number of H-pyrrole nitrogens is 1. The lowest BCUT2D eigenvalue weighted by Gasteiger charge is -1.96. The van der Waals surface area contributed by atoms with E-state index in [2.05, 4.69) is 30.9 Å². The summed E-state index contributed by atoms with van der Waals surface area (Å²) in [5, 5.41) is 0. The van der Waals surface area contributed by atoms with E-state index in [1.807, 2.05) is 30.3 Å². The maximum Gasteiger partial charge on any atom is 0.240 e. The lowest BCUT2D eigenvalue weighted by Crippen LogP contribution is -1.78. The molecule has 0 saturated carbocycles. The van der Waals surface area contributed by atoms with Gasteiger partial charge in [-0.05, 0) is 42.5 Å². The van der Waals surface area contributed by atoms with Gasteiger partial charge in [0.15, 0.2) is 0 Å². The van der Waals surface area contributed by atoms with Crippen molar-refractivity contribution in [1.82, 2.24) is 9.97 Å². The van der Waals surface area contributed by atoms with Gasteiger partial charge in [-0.3, -0.25) is 0 Å². The maximum atomic E-state index is 10.2. The summed E-state index contributed by atoms with van der Waals surface area (Å²) in [6.45, 7) is 0. The fourth-order valence-electron chi connectivity index (χ4n) is 1.87. The lowest BCUT2D eigenvalue weighted by atomic mass is 10.2. The zero-order chi connectivity index (χ0) is 13.2. The highest BCUT2D eigenvalue weighted by atomic mass is 79.9. The SMILES string of the molecule is O=C=Nc1ccc(-c2nc3ccc(Br)cc3[nH]2)cc1. The number of imidazole rings is 1. The van der Waals surface area contributed by atoms with Crippen LogP contribution in [0.3, 0.4) is 0 Å². The van der Waals surface area contributed by atoms with Gasteiger partial charge in [-0.1, -0.05) is 15.9 Å². The van der Waals surface area contributed by atoms with Gasteiger partial charge in [-0.2, -0.15) is 4.99 Å². The van der Waals surface area contributed by atoms with Crippen LogP contribution in [0.2, 0.25) is 0 Å². The second-order valence-corrected chi connectivity index (χ2v) is 4.91. The van der Waals surface area contributed by atoms with E-state index in [4.69, 9.17) is 0 Å². The lowest BCUT2D eigenvalue weighted by molar-refractivity contribution is 0.565. The van der Waals surface area contributed by atoms with Crippen LogP contribution in [0.15, 0.2) is 51.9 Å². The quantitative estimate of drug-likeness (QED) is 0.575. The molecule has 0 spiro atoms. The average molecular weight is 314 g/mol. The number of aromatic nitrogens is 2. The molecule has 0 unspecified atom stereocenters. The van der Waals surface area contributed by atoms with Crippen molar-refractivity contribution in [3.8, 4) is 11.4 Å². The molecule has 0 aliphatic carbocycles. The predicted octanol–water partition coefficient (Wildman–Crippen LogP) is 3.96. The Morgan fingerprint density at radius 1 is 1.16 bits per heavy atom. The summed E-state index contributed by atoms with van der Waals surface area (Å²) >= 11 is 3.43. The maximum absolute atomic E-state index is 10.2. The van der Waals surface area contributed by atoms with E-state index in [1.54, 1.807) is 12.1 Å². The summed E-state index contributed by atoms with van der Waals surface area (Å²) in [6.07, 6.45) is 1.52. The van der Waals surface area contributed by atoms with Gasteiger partial charge >= 0.3 is 0 Å². The molecule has 0 radical (unpaired) electrons. The van der Waals surface area contributed by atoms with Crippen LogP contribution in [0.4, 0.5) is 5.69 Å². The number of isocyanates is 1. The highest BCUT2D eigenvalue weighted by molar-refractivity contribution is 9.10. The van der Waals surface area contributed by atoms with Gasteiger partial charge in [0.05, 0.1) is 16.7 Å². The van der Waals surface area contributed by atoms with E-state index in [0.29, 0.717) is 5.69 Å². The number of carbonyl (C=O) groups excluding carboxylic acids is 1. The molecule has 3 aromatic rings. The van der Waals surface area contributed by atoms with E-state index in [0.717, 1.165) is 26.9 Å². The van der Waals surface area contributed by atoms with Gasteiger partial charge in [0, 0.05) is 10.0 Å². The van der Waals surface area contributed by atoms with Gasteiger partial charge in [-0.25, -0.2) is 9.78 Å². The Labute approximate surface area is 117 Å². The highest BCUT2D eigenvalue weighted by Crippen LogP contribution is 2.24. The fraction of sp³-hybridized carbons (Fsp3) is 0. The Morgan fingerprint density at radius 3 is 2.68 bits per heavy atom.